The summed E-state index contributed by atoms with van der Waals surface area (Å²) < 4.78 is 0. The summed E-state index contributed by atoms with van der Waals surface area (Å²) in [4.78, 5) is 0. The second-order valence-corrected chi connectivity index (χ2v) is 25.1. The Morgan fingerprint density at radius 2 is 0.706 bits per heavy atom. The van der Waals surface area contributed by atoms with E-state index in [9.17, 15) is 0 Å². The summed E-state index contributed by atoms with van der Waals surface area (Å²) in [6.07, 6.45) is 35.0. The zero-order valence-corrected chi connectivity index (χ0v) is 52.1. The van der Waals surface area contributed by atoms with Gasteiger partial charge < -0.3 is 24.8 Å². The Kier molecular flexibility index (Phi) is 38.1. The number of rotatable bonds is 22. The largest absolute Gasteiger partial charge is 2.00 e. The first-order chi connectivity index (χ1) is 30.6. The van der Waals surface area contributed by atoms with Crippen molar-refractivity contribution in [1.82, 2.24) is 0 Å². The molecule has 0 unspecified atom stereocenters. The minimum Gasteiger partial charge on any atom is -1.00 e. The minimum atomic E-state index is 0. The second-order valence-electron chi connectivity index (χ2n) is 20.2. The van der Waals surface area contributed by atoms with Gasteiger partial charge in [-0.15, -0.1) is 94.5 Å². The van der Waals surface area contributed by atoms with Gasteiger partial charge >= 0.3 is 43.4 Å². The van der Waals surface area contributed by atoms with Crippen molar-refractivity contribution in [3.63, 3.8) is 0 Å². The van der Waals surface area contributed by atoms with Gasteiger partial charge in [-0.05, 0) is 50.3 Å². The molecule has 2 aliphatic rings. The van der Waals surface area contributed by atoms with Gasteiger partial charge in [0.1, 0.15) is 0 Å². The average Bonchev–Trinajstić information content (AvgIpc) is 4.00. The van der Waals surface area contributed by atoms with E-state index in [-0.39, 0.29) is 94.9 Å². The van der Waals surface area contributed by atoms with E-state index in [4.69, 9.17) is 0 Å². The summed E-state index contributed by atoms with van der Waals surface area (Å²) in [6, 6.07) is 27.6. The molecule has 0 amide bonds. The van der Waals surface area contributed by atoms with Crippen LogP contribution in [0.15, 0.2) is 106 Å². The van der Waals surface area contributed by atoms with Crippen molar-refractivity contribution in [2.45, 2.75) is 200 Å². The first-order valence-electron chi connectivity index (χ1n) is 26.0. The van der Waals surface area contributed by atoms with Gasteiger partial charge in [0.25, 0.3) is 0 Å². The molecule has 6 heteroatoms. The predicted octanol–water partition coefficient (Wildman–Crippen LogP) is 13.9. The number of benzene rings is 2. The van der Waals surface area contributed by atoms with Crippen LogP contribution in [-0.4, -0.2) is 24.6 Å². The molecule has 0 aliphatic heterocycles. The third-order valence-electron chi connectivity index (χ3n) is 14.2. The summed E-state index contributed by atoms with van der Waals surface area (Å²) in [5.41, 5.74) is 8.79. The fourth-order valence-corrected chi connectivity index (χ4v) is 14.3. The standard InChI is InChI=1S/2C21H32P.2C10H15.2ClH.2Ti/c2*1-3-5-7-11-15-22(16-12-8-6-4-2)21-17-19-13-9-10-14-20(19)18-21;2*1-7-6-10(4,5)9(3)8(7)2;;;;/h2*9-10,13-14,17-18H,3-8,11-12,15-16H2,1-2H3;2*1-5H3;2*1H;;/q4*-1;;;2*+2/p-2. The van der Waals surface area contributed by atoms with E-state index in [2.05, 4.69) is 182 Å². The Bertz CT molecular complexity index is 1840. The quantitative estimate of drug-likeness (QED) is 0.0318. The number of hydrogen-bond donors (Lipinski definition) is 0. The molecule has 376 valence electrons. The normalized spacial score (nSPS) is 14.4. The zero-order chi connectivity index (χ0) is 47.1. The summed E-state index contributed by atoms with van der Waals surface area (Å²) in [7, 11) is 0.128. The van der Waals surface area contributed by atoms with Gasteiger partial charge in [-0.3, -0.25) is 12.2 Å². The molecular formula is C62H94Cl2P2Ti2-2. The van der Waals surface area contributed by atoms with Crippen molar-refractivity contribution in [3.8, 4) is 0 Å². The summed E-state index contributed by atoms with van der Waals surface area (Å²) in [6.45, 7) is 31.1. The molecule has 0 saturated heterocycles. The van der Waals surface area contributed by atoms with Crippen LogP contribution in [-0.2, 0) is 43.4 Å². The number of fused-ring (bicyclic) bond motifs is 2. The second kappa shape index (κ2) is 37.3. The Labute approximate surface area is 465 Å². The predicted molar refractivity (Wildman–Crippen MR) is 297 cm³/mol. The molecule has 6 rings (SSSR count). The molecule has 68 heavy (non-hydrogen) atoms. The average molecular weight is 1070 g/mol. The molecule has 4 aromatic carbocycles. The van der Waals surface area contributed by atoms with Gasteiger partial charge in [0.05, 0.1) is 0 Å². The Balaban J connectivity index is 0. The third kappa shape index (κ3) is 23.6. The molecule has 0 heterocycles. The van der Waals surface area contributed by atoms with Gasteiger partial charge in [-0.1, -0.05) is 199 Å². The number of halogens is 2. The molecule has 4 aromatic rings. The van der Waals surface area contributed by atoms with E-state index in [1.54, 1.807) is 10.6 Å². The molecule has 0 bridgehead atoms. The van der Waals surface area contributed by atoms with Crippen LogP contribution in [0.1, 0.15) is 200 Å². The van der Waals surface area contributed by atoms with Crippen LogP contribution in [0.3, 0.4) is 0 Å². The number of allylic oxidation sites excluding steroid dienone is 8. The summed E-state index contributed by atoms with van der Waals surface area (Å²) >= 11 is 0. The third-order valence-corrected chi connectivity index (χ3v) is 19.6. The van der Waals surface area contributed by atoms with E-state index in [1.165, 1.54) is 182 Å². The van der Waals surface area contributed by atoms with Crippen molar-refractivity contribution < 1.29 is 68.2 Å². The van der Waals surface area contributed by atoms with Crippen LogP contribution in [0.25, 0.3) is 21.5 Å². The van der Waals surface area contributed by atoms with Gasteiger partial charge in [0.15, 0.2) is 0 Å². The fourth-order valence-electron chi connectivity index (χ4n) is 9.10. The van der Waals surface area contributed by atoms with Gasteiger partial charge in [-0.25, -0.2) is 11.1 Å². The van der Waals surface area contributed by atoms with Crippen molar-refractivity contribution >= 4 is 48.0 Å². The maximum absolute atomic E-state index is 3.44. The van der Waals surface area contributed by atoms with Crippen molar-refractivity contribution in [1.29, 1.82) is 0 Å². The van der Waals surface area contributed by atoms with E-state index >= 15 is 0 Å². The van der Waals surface area contributed by atoms with E-state index in [0.717, 1.165) is 0 Å². The summed E-state index contributed by atoms with van der Waals surface area (Å²) in [5, 5.41) is 9.06. The fraction of sp³-hybridized carbons (Fsp3) is 0.581. The Morgan fingerprint density at radius 1 is 0.426 bits per heavy atom. The van der Waals surface area contributed by atoms with Crippen molar-refractivity contribution in [2.75, 3.05) is 24.6 Å². The van der Waals surface area contributed by atoms with Gasteiger partial charge in [-0.2, -0.15) is 34.4 Å². The number of unbranched alkanes of at least 4 members (excludes halogenated alkanes) is 12. The Morgan fingerprint density at radius 3 is 0.912 bits per heavy atom. The maximum Gasteiger partial charge on any atom is 2.00 e. The van der Waals surface area contributed by atoms with Gasteiger partial charge in [0.2, 0.25) is 0 Å². The van der Waals surface area contributed by atoms with Crippen molar-refractivity contribution in [3.05, 3.63) is 118 Å². The van der Waals surface area contributed by atoms with Crippen molar-refractivity contribution in [2.24, 2.45) is 10.8 Å². The molecule has 0 saturated carbocycles. The summed E-state index contributed by atoms with van der Waals surface area (Å²) in [5.74, 6) is 0. The molecule has 0 N–H and O–H groups in total. The Hall–Kier alpha value is -0.511. The van der Waals surface area contributed by atoms with Crippen LogP contribution >= 0.6 is 15.8 Å². The monoisotopic (exact) mass is 1070 g/mol. The van der Waals surface area contributed by atoms with Crippen LogP contribution in [0, 0.1) is 23.0 Å². The van der Waals surface area contributed by atoms with E-state index < -0.39 is 0 Å². The molecule has 0 aromatic heterocycles. The first kappa shape index (κ1) is 69.6. The van der Waals surface area contributed by atoms with Crippen LogP contribution < -0.4 is 35.4 Å². The van der Waals surface area contributed by atoms with Crippen LogP contribution in [0.5, 0.6) is 0 Å². The minimum absolute atomic E-state index is 0. The van der Waals surface area contributed by atoms with Gasteiger partial charge in [0, 0.05) is 0 Å². The number of hydrogen-bond acceptors (Lipinski definition) is 0. The molecule has 0 radical (unpaired) electrons. The SMILES string of the molecule is CC1=[C-]C(C)(C)C(C)=C1C.CC1=[C-]C(C)(C)C(C)=C1C.CCCCCCP(CCCCCC)c1cc2ccccc2[cH-]1.CCCCCCP(CCCCCC)c1cc2ccccc2[cH-]1.[Cl-].[Cl-].[Ti+2].[Ti+2]. The maximum atomic E-state index is 3.44. The molecule has 0 spiro atoms. The van der Waals surface area contributed by atoms with Crippen LogP contribution in [0.2, 0.25) is 0 Å². The molecule has 2 aliphatic carbocycles. The molecule has 0 nitrogen and oxygen atoms in total. The van der Waals surface area contributed by atoms with Crippen LogP contribution in [0.4, 0.5) is 0 Å². The molecule has 0 fully saturated rings. The first-order valence-corrected chi connectivity index (χ1v) is 29.4. The smallest absolute Gasteiger partial charge is 1.00 e. The van der Waals surface area contributed by atoms with E-state index in [1.807, 2.05) is 0 Å². The van der Waals surface area contributed by atoms with E-state index in [0.29, 0.717) is 0 Å². The molecular weight excluding hydrogens is 973 g/mol. The molecule has 0 atom stereocenters. The zero-order valence-electron chi connectivity index (χ0n) is 45.7. The topological polar surface area (TPSA) is 0 Å².